The highest BCUT2D eigenvalue weighted by atomic mass is 16.5. The Balaban J connectivity index is 1.70. The predicted octanol–water partition coefficient (Wildman–Crippen LogP) is 6.37. The van der Waals surface area contributed by atoms with Crippen molar-refractivity contribution in [3.63, 3.8) is 0 Å². The molecule has 0 N–H and O–H groups in total. The minimum Gasteiger partial charge on any atom is -0.339 e. The molecular formula is C26H24N4O. The number of rotatable bonds is 4. The number of benzene rings is 3. The highest BCUT2D eigenvalue weighted by Crippen LogP contribution is 2.36. The largest absolute Gasteiger partial charge is 0.339 e. The highest BCUT2D eigenvalue weighted by molar-refractivity contribution is 5.89. The summed E-state index contributed by atoms with van der Waals surface area (Å²) in [5.41, 5.74) is 9.01. The van der Waals surface area contributed by atoms with Crippen molar-refractivity contribution in [2.24, 2.45) is 0 Å². The van der Waals surface area contributed by atoms with Gasteiger partial charge in [-0.05, 0) is 55.7 Å². The summed E-state index contributed by atoms with van der Waals surface area (Å²) in [4.78, 5) is 9.41. The smallest absolute Gasteiger partial charge is 0.223 e. The van der Waals surface area contributed by atoms with Gasteiger partial charge >= 0.3 is 0 Å². The van der Waals surface area contributed by atoms with Crippen molar-refractivity contribution in [2.45, 2.75) is 34.2 Å². The van der Waals surface area contributed by atoms with Gasteiger partial charge in [0.2, 0.25) is 11.7 Å². The fourth-order valence-electron chi connectivity index (χ4n) is 4.24. The minimum absolute atomic E-state index is 0.553. The van der Waals surface area contributed by atoms with Crippen LogP contribution in [0.15, 0.2) is 65.2 Å². The molecule has 0 unspecified atom stereocenters. The Morgan fingerprint density at radius 3 is 2.35 bits per heavy atom. The van der Waals surface area contributed by atoms with Crippen LogP contribution in [0.4, 0.5) is 0 Å². The Hall–Kier alpha value is -3.73. The third-order valence-corrected chi connectivity index (χ3v) is 5.69. The molecule has 5 aromatic rings. The zero-order chi connectivity index (χ0) is 21.5. The normalized spacial score (nSPS) is 11.4. The van der Waals surface area contributed by atoms with Gasteiger partial charge in [-0.1, -0.05) is 53.2 Å². The summed E-state index contributed by atoms with van der Waals surface area (Å²) in [5, 5.41) is 4.05. The molecule has 0 aliphatic rings. The summed E-state index contributed by atoms with van der Waals surface area (Å²) in [6.07, 6.45) is 0. The van der Waals surface area contributed by atoms with Gasteiger partial charge in [-0.3, -0.25) is 0 Å². The number of hydrogen-bond donors (Lipinski definition) is 0. The molecule has 0 amide bonds. The summed E-state index contributed by atoms with van der Waals surface area (Å²) in [6, 6.07) is 21.3. The molecule has 2 heterocycles. The molecule has 2 aromatic heterocycles. The van der Waals surface area contributed by atoms with Gasteiger partial charge in [-0.2, -0.15) is 4.98 Å². The van der Waals surface area contributed by atoms with E-state index >= 15 is 0 Å². The predicted molar refractivity (Wildman–Crippen MR) is 124 cm³/mol. The Morgan fingerprint density at radius 1 is 0.839 bits per heavy atom. The molecule has 0 saturated carbocycles. The number of aromatic nitrogens is 4. The minimum atomic E-state index is 0.553. The van der Waals surface area contributed by atoms with Gasteiger partial charge in [-0.15, -0.1) is 0 Å². The van der Waals surface area contributed by atoms with Crippen molar-refractivity contribution < 1.29 is 4.52 Å². The number of hydrogen-bond acceptors (Lipinski definition) is 4. The maximum atomic E-state index is 5.15. The second-order valence-corrected chi connectivity index (χ2v) is 7.88. The van der Waals surface area contributed by atoms with Gasteiger partial charge in [0.05, 0.1) is 11.0 Å². The molecule has 5 heteroatoms. The summed E-state index contributed by atoms with van der Waals surface area (Å²) in [7, 11) is 0. The third kappa shape index (κ3) is 3.32. The monoisotopic (exact) mass is 408 g/mol. The standard InChI is InChI=1S/C26H24N4O/c1-5-30-24-13-11-19(25-27-18(4)31-29-25)15-23(24)28-26(30)22-9-7-6-8-21(22)20-12-10-16(2)14-17(20)3/h6-15H,5H2,1-4H3. The van der Waals surface area contributed by atoms with E-state index in [0.717, 1.165) is 34.5 Å². The first kappa shape index (κ1) is 19.2. The molecule has 5 nitrogen and oxygen atoms in total. The number of nitrogens with zero attached hydrogens (tertiary/aromatic N) is 4. The molecule has 154 valence electrons. The lowest BCUT2D eigenvalue weighted by Crippen LogP contribution is -1.99. The van der Waals surface area contributed by atoms with E-state index in [4.69, 9.17) is 9.51 Å². The average molecular weight is 409 g/mol. The van der Waals surface area contributed by atoms with Gasteiger partial charge in [0.1, 0.15) is 5.82 Å². The van der Waals surface area contributed by atoms with E-state index in [2.05, 4.69) is 84.0 Å². The summed E-state index contributed by atoms with van der Waals surface area (Å²) >= 11 is 0. The van der Waals surface area contributed by atoms with Crippen LogP contribution in [0.5, 0.6) is 0 Å². The van der Waals surface area contributed by atoms with E-state index in [1.54, 1.807) is 6.92 Å². The second-order valence-electron chi connectivity index (χ2n) is 7.88. The third-order valence-electron chi connectivity index (χ3n) is 5.69. The van der Waals surface area contributed by atoms with Gasteiger partial charge in [-0.25, -0.2) is 4.98 Å². The van der Waals surface area contributed by atoms with Crippen molar-refractivity contribution in [3.05, 3.63) is 77.7 Å². The van der Waals surface area contributed by atoms with Gasteiger partial charge in [0.25, 0.3) is 0 Å². The van der Waals surface area contributed by atoms with Gasteiger partial charge < -0.3 is 9.09 Å². The molecular weight excluding hydrogens is 384 g/mol. The Kier molecular flexibility index (Phi) is 4.66. The first-order valence-corrected chi connectivity index (χ1v) is 10.5. The number of imidazole rings is 1. The lowest BCUT2D eigenvalue weighted by atomic mass is 9.94. The molecule has 0 bridgehead atoms. The van der Waals surface area contributed by atoms with Crippen molar-refractivity contribution in [1.29, 1.82) is 0 Å². The fourth-order valence-corrected chi connectivity index (χ4v) is 4.24. The highest BCUT2D eigenvalue weighted by Gasteiger charge is 2.17. The molecule has 3 aromatic carbocycles. The molecule has 0 atom stereocenters. The van der Waals surface area contributed by atoms with E-state index in [-0.39, 0.29) is 0 Å². The molecule has 0 spiro atoms. The maximum absolute atomic E-state index is 5.15. The van der Waals surface area contributed by atoms with E-state index in [1.807, 2.05) is 12.1 Å². The number of fused-ring (bicyclic) bond motifs is 1. The van der Waals surface area contributed by atoms with E-state index in [9.17, 15) is 0 Å². The molecule has 0 aliphatic heterocycles. The van der Waals surface area contributed by atoms with Crippen LogP contribution in [0.2, 0.25) is 0 Å². The summed E-state index contributed by atoms with van der Waals surface area (Å²) in [5.74, 6) is 2.11. The van der Waals surface area contributed by atoms with Crippen molar-refractivity contribution >= 4 is 11.0 Å². The lowest BCUT2D eigenvalue weighted by molar-refractivity contribution is 0.394. The Morgan fingerprint density at radius 2 is 1.65 bits per heavy atom. The zero-order valence-corrected chi connectivity index (χ0v) is 18.2. The van der Waals surface area contributed by atoms with Crippen LogP contribution in [0.25, 0.3) is 44.9 Å². The Bertz CT molecular complexity index is 1410. The molecule has 0 radical (unpaired) electrons. The van der Waals surface area contributed by atoms with Crippen LogP contribution < -0.4 is 0 Å². The van der Waals surface area contributed by atoms with Crippen LogP contribution in [0.1, 0.15) is 23.9 Å². The second kappa shape index (κ2) is 7.51. The SMILES string of the molecule is CCn1c(-c2ccccc2-c2ccc(C)cc2C)nc2cc(-c3noc(C)n3)ccc21. The summed E-state index contributed by atoms with van der Waals surface area (Å²) < 4.78 is 7.41. The lowest BCUT2D eigenvalue weighted by Gasteiger charge is -2.14. The average Bonchev–Trinajstić information content (AvgIpc) is 3.36. The Labute approximate surface area is 181 Å². The van der Waals surface area contributed by atoms with Crippen LogP contribution in [0.3, 0.4) is 0 Å². The van der Waals surface area contributed by atoms with Crippen molar-refractivity contribution in [2.75, 3.05) is 0 Å². The molecule has 0 saturated heterocycles. The topological polar surface area (TPSA) is 56.7 Å². The van der Waals surface area contributed by atoms with Crippen LogP contribution in [-0.4, -0.2) is 19.7 Å². The van der Waals surface area contributed by atoms with Crippen molar-refractivity contribution in [3.8, 4) is 33.9 Å². The van der Waals surface area contributed by atoms with E-state index < -0.39 is 0 Å². The quantitative estimate of drug-likeness (QED) is 0.347. The van der Waals surface area contributed by atoms with Crippen LogP contribution in [-0.2, 0) is 6.54 Å². The van der Waals surface area contributed by atoms with Crippen LogP contribution in [0, 0.1) is 20.8 Å². The van der Waals surface area contributed by atoms with Crippen LogP contribution >= 0.6 is 0 Å². The molecule has 31 heavy (non-hydrogen) atoms. The van der Waals surface area contributed by atoms with Gasteiger partial charge in [0, 0.05) is 24.6 Å². The summed E-state index contributed by atoms with van der Waals surface area (Å²) in [6.45, 7) is 9.07. The van der Waals surface area contributed by atoms with E-state index in [1.165, 1.54) is 22.3 Å². The molecule has 0 aliphatic carbocycles. The molecule has 5 rings (SSSR count). The molecule has 0 fully saturated rings. The number of aryl methyl sites for hydroxylation is 4. The van der Waals surface area contributed by atoms with E-state index in [0.29, 0.717) is 11.7 Å². The maximum Gasteiger partial charge on any atom is 0.223 e. The van der Waals surface area contributed by atoms with Gasteiger partial charge in [0.15, 0.2) is 0 Å². The van der Waals surface area contributed by atoms with Crippen molar-refractivity contribution in [1.82, 2.24) is 19.7 Å². The first-order chi connectivity index (χ1) is 15.0. The fraction of sp³-hybridized carbons (Fsp3) is 0.192. The zero-order valence-electron chi connectivity index (χ0n) is 18.2. The first-order valence-electron chi connectivity index (χ1n) is 10.5.